The van der Waals surface area contributed by atoms with Crippen molar-refractivity contribution >= 4 is 0 Å². The van der Waals surface area contributed by atoms with Crippen molar-refractivity contribution in [1.82, 2.24) is 5.32 Å². The molecule has 0 atom stereocenters. The molecule has 2 rings (SSSR count). The molecule has 0 aromatic heterocycles. The largest absolute Gasteiger partial charge is 0.389 e. The van der Waals surface area contributed by atoms with Crippen LogP contribution < -0.4 is 5.32 Å². The summed E-state index contributed by atoms with van der Waals surface area (Å²) in [7, 11) is 0. The average molecular weight is 237 g/mol. The van der Waals surface area contributed by atoms with E-state index in [-0.39, 0.29) is 5.82 Å². The Morgan fingerprint density at radius 2 is 2.00 bits per heavy atom. The molecule has 3 heteroatoms. The Labute approximate surface area is 102 Å². The van der Waals surface area contributed by atoms with E-state index in [1.54, 1.807) is 19.9 Å². The molecule has 0 unspecified atom stereocenters. The first kappa shape index (κ1) is 12.5. The standard InChI is InChI=1S/C14H20FNO/c1-14(2,17)9-16-11-7-10(8-11)12-5-3-4-6-13(12)15/h3-6,10-11,16-17H,7-9H2,1-2H3. The van der Waals surface area contributed by atoms with Gasteiger partial charge in [0.05, 0.1) is 5.60 Å². The van der Waals surface area contributed by atoms with E-state index in [1.807, 2.05) is 12.1 Å². The molecule has 0 heterocycles. The van der Waals surface area contributed by atoms with Crippen molar-refractivity contribution in [1.29, 1.82) is 0 Å². The lowest BCUT2D eigenvalue weighted by molar-refractivity contribution is 0.0707. The van der Waals surface area contributed by atoms with Gasteiger partial charge in [-0.3, -0.25) is 0 Å². The highest BCUT2D eigenvalue weighted by molar-refractivity contribution is 5.24. The SMILES string of the molecule is CC(C)(O)CNC1CC(c2ccccc2F)C1. The van der Waals surface area contributed by atoms with Gasteiger partial charge in [-0.05, 0) is 44.2 Å². The molecule has 1 aliphatic rings. The van der Waals surface area contributed by atoms with Crippen LogP contribution in [0.2, 0.25) is 0 Å². The van der Waals surface area contributed by atoms with Crippen LogP contribution in [-0.4, -0.2) is 23.3 Å². The summed E-state index contributed by atoms with van der Waals surface area (Å²) in [6.07, 6.45) is 1.91. The molecule has 1 aromatic carbocycles. The van der Waals surface area contributed by atoms with E-state index >= 15 is 0 Å². The zero-order valence-corrected chi connectivity index (χ0v) is 10.4. The van der Waals surface area contributed by atoms with E-state index in [4.69, 9.17) is 0 Å². The quantitative estimate of drug-likeness (QED) is 0.843. The van der Waals surface area contributed by atoms with Gasteiger partial charge in [-0.2, -0.15) is 0 Å². The minimum absolute atomic E-state index is 0.0987. The van der Waals surface area contributed by atoms with Gasteiger partial charge in [0.25, 0.3) is 0 Å². The highest BCUT2D eigenvalue weighted by Gasteiger charge is 2.32. The van der Waals surface area contributed by atoms with Crippen LogP contribution in [0.4, 0.5) is 4.39 Å². The Hall–Kier alpha value is -0.930. The molecule has 94 valence electrons. The predicted octanol–water partition coefficient (Wildman–Crippen LogP) is 2.43. The van der Waals surface area contributed by atoms with Gasteiger partial charge in [0.1, 0.15) is 5.82 Å². The first-order valence-electron chi connectivity index (χ1n) is 6.16. The predicted molar refractivity (Wildman–Crippen MR) is 66.5 cm³/mol. The maximum absolute atomic E-state index is 13.5. The molecule has 0 radical (unpaired) electrons. The lowest BCUT2D eigenvalue weighted by Crippen LogP contribution is -2.46. The normalized spacial score (nSPS) is 24.5. The Balaban J connectivity index is 1.81. The van der Waals surface area contributed by atoms with Crippen molar-refractivity contribution in [3.63, 3.8) is 0 Å². The van der Waals surface area contributed by atoms with Gasteiger partial charge >= 0.3 is 0 Å². The monoisotopic (exact) mass is 237 g/mol. The zero-order valence-electron chi connectivity index (χ0n) is 10.4. The molecule has 1 aromatic rings. The zero-order chi connectivity index (χ0) is 12.5. The summed E-state index contributed by atoms with van der Waals surface area (Å²) in [6, 6.07) is 7.41. The third-order valence-corrected chi connectivity index (χ3v) is 3.31. The van der Waals surface area contributed by atoms with E-state index in [2.05, 4.69) is 5.32 Å². The summed E-state index contributed by atoms with van der Waals surface area (Å²) < 4.78 is 13.5. The minimum atomic E-state index is -0.677. The molecule has 2 N–H and O–H groups in total. The fraction of sp³-hybridized carbons (Fsp3) is 0.571. The van der Waals surface area contributed by atoms with E-state index in [0.717, 1.165) is 18.4 Å². The van der Waals surface area contributed by atoms with Crippen molar-refractivity contribution in [3.8, 4) is 0 Å². The van der Waals surface area contributed by atoms with Gasteiger partial charge in [0.15, 0.2) is 0 Å². The van der Waals surface area contributed by atoms with Crippen LogP contribution in [0.25, 0.3) is 0 Å². The molecular formula is C14H20FNO. The van der Waals surface area contributed by atoms with Crippen LogP contribution in [0.1, 0.15) is 38.2 Å². The number of aliphatic hydroxyl groups is 1. The summed E-state index contributed by atoms with van der Waals surface area (Å²) in [5.41, 5.74) is 0.150. The minimum Gasteiger partial charge on any atom is -0.389 e. The van der Waals surface area contributed by atoms with Crippen molar-refractivity contribution in [2.24, 2.45) is 0 Å². The van der Waals surface area contributed by atoms with Crippen LogP contribution >= 0.6 is 0 Å². The number of hydrogen-bond donors (Lipinski definition) is 2. The van der Waals surface area contributed by atoms with Crippen LogP contribution in [0.15, 0.2) is 24.3 Å². The Bertz CT molecular complexity index is 380. The lowest BCUT2D eigenvalue weighted by Gasteiger charge is -2.37. The molecule has 0 bridgehead atoms. The van der Waals surface area contributed by atoms with E-state index in [1.165, 1.54) is 6.07 Å². The number of halogens is 1. The van der Waals surface area contributed by atoms with Gasteiger partial charge in [0.2, 0.25) is 0 Å². The van der Waals surface area contributed by atoms with E-state index in [9.17, 15) is 9.50 Å². The van der Waals surface area contributed by atoms with Gasteiger partial charge in [0, 0.05) is 12.6 Å². The highest BCUT2D eigenvalue weighted by atomic mass is 19.1. The third-order valence-electron chi connectivity index (χ3n) is 3.31. The first-order chi connectivity index (χ1) is 7.96. The second kappa shape index (κ2) is 4.75. The van der Waals surface area contributed by atoms with Crippen molar-refractivity contribution < 1.29 is 9.50 Å². The maximum atomic E-state index is 13.5. The van der Waals surface area contributed by atoms with Crippen LogP contribution in [0.5, 0.6) is 0 Å². The summed E-state index contributed by atoms with van der Waals surface area (Å²) >= 11 is 0. The average Bonchev–Trinajstić information content (AvgIpc) is 2.16. The van der Waals surface area contributed by atoms with Gasteiger partial charge in [-0.25, -0.2) is 4.39 Å². The van der Waals surface area contributed by atoms with E-state index < -0.39 is 5.60 Å². The molecule has 0 amide bonds. The summed E-state index contributed by atoms with van der Waals surface area (Å²) in [5, 5.41) is 12.9. The fourth-order valence-corrected chi connectivity index (χ4v) is 2.24. The summed E-state index contributed by atoms with van der Waals surface area (Å²) in [4.78, 5) is 0. The molecule has 0 spiro atoms. The number of nitrogens with one attached hydrogen (secondary N) is 1. The number of benzene rings is 1. The molecular weight excluding hydrogens is 217 g/mol. The molecule has 0 aliphatic heterocycles. The van der Waals surface area contributed by atoms with Crippen LogP contribution in [0, 0.1) is 5.82 Å². The maximum Gasteiger partial charge on any atom is 0.126 e. The van der Waals surface area contributed by atoms with Crippen molar-refractivity contribution in [3.05, 3.63) is 35.6 Å². The summed E-state index contributed by atoms with van der Waals surface area (Å²) in [5.74, 6) is 0.231. The smallest absolute Gasteiger partial charge is 0.126 e. The topological polar surface area (TPSA) is 32.3 Å². The Morgan fingerprint density at radius 3 is 2.59 bits per heavy atom. The van der Waals surface area contributed by atoms with E-state index in [0.29, 0.717) is 18.5 Å². The third kappa shape index (κ3) is 3.27. The highest BCUT2D eigenvalue weighted by Crippen LogP contribution is 2.37. The number of rotatable bonds is 4. The molecule has 1 aliphatic carbocycles. The molecule has 2 nitrogen and oxygen atoms in total. The molecule has 1 fully saturated rings. The fourth-order valence-electron chi connectivity index (χ4n) is 2.24. The van der Waals surface area contributed by atoms with Crippen molar-refractivity contribution in [2.75, 3.05) is 6.54 Å². The van der Waals surface area contributed by atoms with Gasteiger partial charge in [-0.1, -0.05) is 18.2 Å². The first-order valence-corrected chi connectivity index (χ1v) is 6.16. The lowest BCUT2D eigenvalue weighted by atomic mass is 9.75. The molecule has 17 heavy (non-hydrogen) atoms. The van der Waals surface area contributed by atoms with Crippen molar-refractivity contribution in [2.45, 2.75) is 44.2 Å². The van der Waals surface area contributed by atoms with Gasteiger partial charge in [-0.15, -0.1) is 0 Å². The Morgan fingerprint density at radius 1 is 1.35 bits per heavy atom. The van der Waals surface area contributed by atoms with Gasteiger partial charge < -0.3 is 10.4 Å². The Kier molecular flexibility index (Phi) is 3.50. The second-order valence-electron chi connectivity index (χ2n) is 5.58. The summed E-state index contributed by atoms with van der Waals surface area (Å²) in [6.45, 7) is 4.15. The van der Waals surface area contributed by atoms with Crippen LogP contribution in [0.3, 0.4) is 0 Å². The van der Waals surface area contributed by atoms with Crippen LogP contribution in [-0.2, 0) is 0 Å². The molecule has 0 saturated heterocycles. The molecule has 1 saturated carbocycles. The number of hydrogen-bond acceptors (Lipinski definition) is 2. The second-order valence-corrected chi connectivity index (χ2v) is 5.58.